The third-order valence-electron chi connectivity index (χ3n) is 1.56. The molecule has 4 nitrogen and oxygen atoms in total. The summed E-state index contributed by atoms with van der Waals surface area (Å²) in [6.45, 7) is 0. The largest absolute Gasteiger partial charge is 0.250 e. The van der Waals surface area contributed by atoms with E-state index >= 15 is 0 Å². The highest BCUT2D eigenvalue weighted by Crippen LogP contribution is 2.16. The van der Waals surface area contributed by atoms with Gasteiger partial charge in [-0.15, -0.1) is 0 Å². The monoisotopic (exact) mass is 190 g/mol. The van der Waals surface area contributed by atoms with Gasteiger partial charge in [-0.1, -0.05) is 11.6 Å². The lowest BCUT2D eigenvalue weighted by atomic mass is 10.3. The van der Waals surface area contributed by atoms with Crippen LogP contribution in [0.15, 0.2) is 18.6 Å². The van der Waals surface area contributed by atoms with Gasteiger partial charge >= 0.3 is 0 Å². The third-order valence-corrected chi connectivity index (χ3v) is 1.84. The zero-order valence-corrected chi connectivity index (χ0v) is 7.15. The van der Waals surface area contributed by atoms with Gasteiger partial charge in [0.1, 0.15) is 17.9 Å². The third kappa shape index (κ3) is 1.30. The molecule has 0 atom stereocenters. The second kappa shape index (κ2) is 2.96. The predicted octanol–water partition coefficient (Wildman–Crippen LogP) is 1.55. The molecule has 0 radical (unpaired) electrons. The first kappa shape index (κ1) is 7.90. The minimum Gasteiger partial charge on any atom is -0.250 e. The highest BCUT2D eigenvalue weighted by molar-refractivity contribution is 6.33. The molecule has 0 unspecified atom stereocenters. The first-order chi connectivity index (χ1) is 6.31. The summed E-state index contributed by atoms with van der Waals surface area (Å²) in [5, 5.41) is 8.90. The fourth-order valence-corrected chi connectivity index (χ4v) is 1.16. The average Bonchev–Trinajstić information content (AvgIpc) is 2.18. The van der Waals surface area contributed by atoms with Crippen molar-refractivity contribution in [3.05, 3.63) is 29.3 Å². The van der Waals surface area contributed by atoms with Crippen molar-refractivity contribution in [2.24, 2.45) is 0 Å². The van der Waals surface area contributed by atoms with Crippen LogP contribution in [0, 0.1) is 11.3 Å². The zero-order valence-electron chi connectivity index (χ0n) is 6.40. The Bertz CT molecular complexity index is 503. The number of hydrogen-bond donors (Lipinski definition) is 0. The Hall–Kier alpha value is -1.73. The van der Waals surface area contributed by atoms with Crippen LogP contribution in [0.2, 0.25) is 5.15 Å². The predicted molar refractivity (Wildman–Crippen MR) is 47.1 cm³/mol. The summed E-state index contributed by atoms with van der Waals surface area (Å²) in [6, 6.07) is 3.59. The molecular formula is C8H3ClN4. The average molecular weight is 191 g/mol. The summed E-state index contributed by atoms with van der Waals surface area (Å²) in [5.74, 6) is 0. The minimum atomic E-state index is 0.300. The van der Waals surface area contributed by atoms with Gasteiger partial charge in [-0.25, -0.2) is 15.0 Å². The quantitative estimate of drug-likeness (QED) is 0.592. The SMILES string of the molecule is N#Cc1cnc2c(Cl)ncnc2c1. The topological polar surface area (TPSA) is 62.5 Å². The van der Waals surface area contributed by atoms with Gasteiger partial charge < -0.3 is 0 Å². The van der Waals surface area contributed by atoms with E-state index in [2.05, 4.69) is 15.0 Å². The maximum Gasteiger partial charge on any atom is 0.158 e. The number of rotatable bonds is 0. The molecular weight excluding hydrogens is 188 g/mol. The number of hydrogen-bond acceptors (Lipinski definition) is 4. The molecule has 0 fully saturated rings. The fraction of sp³-hybridized carbons (Fsp3) is 0. The Balaban J connectivity index is 2.82. The van der Waals surface area contributed by atoms with Crippen molar-refractivity contribution in [1.82, 2.24) is 15.0 Å². The van der Waals surface area contributed by atoms with Crippen LogP contribution in [0.1, 0.15) is 5.56 Å². The molecule has 2 aromatic heterocycles. The van der Waals surface area contributed by atoms with Crippen LogP contribution < -0.4 is 0 Å². The molecule has 0 bridgehead atoms. The van der Waals surface area contributed by atoms with Gasteiger partial charge in [-0.2, -0.15) is 5.26 Å². The van der Waals surface area contributed by atoms with Crippen molar-refractivity contribution in [2.75, 3.05) is 0 Å². The zero-order chi connectivity index (χ0) is 9.26. The van der Waals surface area contributed by atoms with Crippen LogP contribution in [0.25, 0.3) is 11.0 Å². The van der Waals surface area contributed by atoms with Gasteiger partial charge in [0.2, 0.25) is 0 Å². The number of halogens is 1. The maximum atomic E-state index is 8.60. The van der Waals surface area contributed by atoms with Gasteiger partial charge in [0, 0.05) is 6.20 Å². The molecule has 2 rings (SSSR count). The van der Waals surface area contributed by atoms with Gasteiger partial charge in [-0.05, 0) is 6.07 Å². The van der Waals surface area contributed by atoms with E-state index in [1.54, 1.807) is 6.07 Å². The Morgan fingerprint density at radius 2 is 2.15 bits per heavy atom. The molecule has 2 heterocycles. The van der Waals surface area contributed by atoms with Crippen molar-refractivity contribution >= 4 is 22.6 Å². The van der Waals surface area contributed by atoms with Crippen LogP contribution in [0.3, 0.4) is 0 Å². The van der Waals surface area contributed by atoms with Crippen LogP contribution in [0.5, 0.6) is 0 Å². The van der Waals surface area contributed by atoms with E-state index < -0.39 is 0 Å². The maximum absolute atomic E-state index is 8.60. The van der Waals surface area contributed by atoms with Crippen molar-refractivity contribution in [3.8, 4) is 6.07 Å². The smallest absolute Gasteiger partial charge is 0.158 e. The van der Waals surface area contributed by atoms with E-state index in [4.69, 9.17) is 16.9 Å². The number of nitrogens with zero attached hydrogens (tertiary/aromatic N) is 4. The van der Waals surface area contributed by atoms with Crippen LogP contribution in [0.4, 0.5) is 0 Å². The van der Waals surface area contributed by atoms with Crippen LogP contribution in [-0.2, 0) is 0 Å². The Morgan fingerprint density at radius 1 is 1.31 bits per heavy atom. The summed E-state index contributed by atoms with van der Waals surface area (Å²) >= 11 is 5.76. The van der Waals surface area contributed by atoms with Crippen molar-refractivity contribution in [2.45, 2.75) is 0 Å². The highest BCUT2D eigenvalue weighted by Gasteiger charge is 2.02. The van der Waals surface area contributed by atoms with E-state index in [9.17, 15) is 0 Å². The van der Waals surface area contributed by atoms with Crippen molar-refractivity contribution in [3.63, 3.8) is 0 Å². The lowest BCUT2D eigenvalue weighted by Gasteiger charge is -1.96. The van der Waals surface area contributed by atoms with E-state index in [1.165, 1.54) is 12.5 Å². The molecule has 0 amide bonds. The van der Waals surface area contributed by atoms with Crippen LogP contribution in [-0.4, -0.2) is 15.0 Å². The Morgan fingerprint density at radius 3 is 2.92 bits per heavy atom. The number of pyridine rings is 1. The summed E-state index contributed by atoms with van der Waals surface area (Å²) in [7, 11) is 0. The molecule has 0 aliphatic heterocycles. The van der Waals surface area contributed by atoms with Crippen LogP contribution >= 0.6 is 11.6 Å². The molecule has 62 valence electrons. The summed E-state index contributed by atoms with van der Waals surface area (Å²) < 4.78 is 0. The molecule has 0 saturated carbocycles. The molecule has 0 N–H and O–H groups in total. The van der Waals surface area contributed by atoms with Crippen molar-refractivity contribution < 1.29 is 0 Å². The molecule has 0 saturated heterocycles. The molecule has 0 aliphatic rings. The van der Waals surface area contributed by atoms with Gasteiger partial charge in [0.15, 0.2) is 5.15 Å². The second-order valence-corrected chi connectivity index (χ2v) is 2.73. The first-order valence-corrected chi connectivity index (χ1v) is 3.85. The molecule has 5 heteroatoms. The Kier molecular flexibility index (Phi) is 1.80. The standard InChI is InChI=1S/C8H3ClN4/c9-8-7-6(12-4-13-8)1-5(2-10)3-11-7/h1,3-4H. The Labute approximate surface area is 78.8 Å². The lowest BCUT2D eigenvalue weighted by molar-refractivity contribution is 1.19. The van der Waals surface area contributed by atoms with E-state index in [0.717, 1.165) is 0 Å². The van der Waals surface area contributed by atoms with E-state index in [1.807, 2.05) is 6.07 Å². The summed E-state index contributed by atoms with van der Waals surface area (Å²) in [4.78, 5) is 11.7. The van der Waals surface area contributed by atoms with Gasteiger partial charge in [-0.3, -0.25) is 0 Å². The molecule has 0 aromatic carbocycles. The normalized spacial score (nSPS) is 9.85. The first-order valence-electron chi connectivity index (χ1n) is 3.47. The minimum absolute atomic E-state index is 0.300. The number of nitriles is 1. The summed E-state index contributed by atoms with van der Waals surface area (Å²) in [5.41, 5.74) is 1.56. The highest BCUT2D eigenvalue weighted by atomic mass is 35.5. The molecule has 2 aromatic rings. The lowest BCUT2D eigenvalue weighted by Crippen LogP contribution is -1.88. The molecule has 13 heavy (non-hydrogen) atoms. The van der Waals surface area contributed by atoms with Crippen molar-refractivity contribution in [1.29, 1.82) is 5.26 Å². The second-order valence-electron chi connectivity index (χ2n) is 2.37. The molecule has 0 aliphatic carbocycles. The number of aromatic nitrogens is 3. The summed E-state index contributed by atoms with van der Waals surface area (Å²) in [6.07, 6.45) is 2.78. The fourth-order valence-electron chi connectivity index (χ4n) is 0.975. The van der Waals surface area contributed by atoms with Gasteiger partial charge in [0.25, 0.3) is 0 Å². The molecule has 0 spiro atoms. The number of fused-ring (bicyclic) bond motifs is 1. The van der Waals surface area contributed by atoms with E-state index in [-0.39, 0.29) is 0 Å². The van der Waals surface area contributed by atoms with Gasteiger partial charge in [0.05, 0.1) is 11.1 Å². The van der Waals surface area contributed by atoms with E-state index in [0.29, 0.717) is 21.7 Å².